The van der Waals surface area contributed by atoms with Gasteiger partial charge in [-0.1, -0.05) is 30.9 Å². The van der Waals surface area contributed by atoms with Gasteiger partial charge in [0.25, 0.3) is 5.91 Å². The molecule has 0 unspecified atom stereocenters. The molecule has 27 heavy (non-hydrogen) atoms. The van der Waals surface area contributed by atoms with E-state index in [2.05, 4.69) is 15.6 Å². The van der Waals surface area contributed by atoms with Gasteiger partial charge in [0, 0.05) is 11.8 Å². The molecule has 0 radical (unpaired) electrons. The van der Waals surface area contributed by atoms with Crippen LogP contribution in [0.2, 0.25) is 5.02 Å². The van der Waals surface area contributed by atoms with Gasteiger partial charge in [-0.05, 0) is 36.5 Å². The number of carbonyl (C=O) groups excluding carboxylic acids is 1. The van der Waals surface area contributed by atoms with Crippen LogP contribution in [0.3, 0.4) is 0 Å². The van der Waals surface area contributed by atoms with Crippen molar-refractivity contribution in [1.29, 1.82) is 0 Å². The van der Waals surface area contributed by atoms with Crippen LogP contribution in [-0.2, 0) is 10.0 Å². The van der Waals surface area contributed by atoms with Gasteiger partial charge in [-0.2, -0.15) is 5.10 Å². The summed E-state index contributed by atoms with van der Waals surface area (Å²) >= 11 is 5.87. The first-order valence-electron chi connectivity index (χ1n) is 8.64. The fraction of sp³-hybridized carbons (Fsp3) is 0.412. The van der Waals surface area contributed by atoms with Crippen molar-refractivity contribution in [3.8, 4) is 11.1 Å². The molecule has 0 spiro atoms. The maximum absolute atomic E-state index is 14.3. The van der Waals surface area contributed by atoms with Crippen LogP contribution >= 0.6 is 11.6 Å². The highest BCUT2D eigenvalue weighted by Crippen LogP contribution is 2.27. The number of nitrogens with one attached hydrogen (secondary N) is 3. The predicted octanol–water partition coefficient (Wildman–Crippen LogP) is 3.01. The molecule has 0 saturated heterocycles. The Morgan fingerprint density at radius 2 is 2.00 bits per heavy atom. The maximum atomic E-state index is 14.3. The van der Waals surface area contributed by atoms with Crippen molar-refractivity contribution in [3.63, 3.8) is 0 Å². The van der Waals surface area contributed by atoms with Gasteiger partial charge >= 0.3 is 0 Å². The molecule has 1 amide bonds. The molecule has 1 aromatic heterocycles. The Morgan fingerprint density at radius 3 is 2.67 bits per heavy atom. The Hall–Kier alpha value is -1.97. The first-order valence-corrected chi connectivity index (χ1v) is 10.7. The summed E-state index contributed by atoms with van der Waals surface area (Å²) in [5.74, 6) is -1.84. The fourth-order valence-corrected chi connectivity index (χ4v) is 4.73. The number of amides is 1. The number of sulfonamides is 1. The van der Waals surface area contributed by atoms with Crippen LogP contribution in [0.5, 0.6) is 0 Å². The van der Waals surface area contributed by atoms with Crippen molar-refractivity contribution in [2.45, 2.75) is 32.1 Å². The van der Waals surface area contributed by atoms with E-state index in [0.29, 0.717) is 11.1 Å². The van der Waals surface area contributed by atoms with Gasteiger partial charge in [0.05, 0.1) is 22.5 Å². The number of nitrogens with zero attached hydrogens (tertiary/aromatic N) is 1. The highest BCUT2D eigenvalue weighted by molar-refractivity contribution is 7.89. The number of aromatic amines is 1. The zero-order valence-electron chi connectivity index (χ0n) is 14.5. The van der Waals surface area contributed by atoms with Gasteiger partial charge in [0.1, 0.15) is 0 Å². The van der Waals surface area contributed by atoms with E-state index in [1.165, 1.54) is 18.3 Å². The van der Waals surface area contributed by atoms with E-state index in [-0.39, 0.29) is 22.3 Å². The predicted molar refractivity (Wildman–Crippen MR) is 100.0 cm³/mol. The normalized spacial score (nSPS) is 15.6. The van der Waals surface area contributed by atoms with Crippen molar-refractivity contribution < 1.29 is 17.6 Å². The molecule has 7 nitrogen and oxygen atoms in total. The van der Waals surface area contributed by atoms with E-state index in [0.717, 1.165) is 32.1 Å². The Labute approximate surface area is 161 Å². The molecule has 2 aromatic rings. The summed E-state index contributed by atoms with van der Waals surface area (Å²) in [4.78, 5) is 14.4. The lowest BCUT2D eigenvalue weighted by atomic mass is 9.91. The second-order valence-electron chi connectivity index (χ2n) is 6.65. The van der Waals surface area contributed by atoms with E-state index < -0.39 is 21.7 Å². The Morgan fingerprint density at radius 1 is 1.26 bits per heavy atom. The fourth-order valence-electron chi connectivity index (χ4n) is 3.23. The minimum absolute atomic E-state index is 0.0639. The first-order chi connectivity index (χ1) is 12.9. The Kier molecular flexibility index (Phi) is 6.13. The van der Waals surface area contributed by atoms with E-state index >= 15 is 0 Å². The molecule has 3 N–H and O–H groups in total. The number of hydrogen-bond acceptors (Lipinski definition) is 4. The van der Waals surface area contributed by atoms with E-state index in [9.17, 15) is 17.6 Å². The zero-order valence-corrected chi connectivity index (χ0v) is 16.0. The lowest BCUT2D eigenvalue weighted by molar-refractivity contribution is 0.0941. The SMILES string of the molecule is O=C(NNS(=O)(=O)CC1CCCCC1)c1cc(-c2cn[nH]c2)cc(Cl)c1F. The molecule has 1 aliphatic carbocycles. The highest BCUT2D eigenvalue weighted by atomic mass is 35.5. The van der Waals surface area contributed by atoms with Crippen molar-refractivity contribution in [2.75, 3.05) is 5.75 Å². The summed E-state index contributed by atoms with van der Waals surface area (Å²) < 4.78 is 38.6. The molecular formula is C17H20ClFN4O3S. The van der Waals surface area contributed by atoms with E-state index in [1.54, 1.807) is 6.20 Å². The van der Waals surface area contributed by atoms with Crippen LogP contribution < -0.4 is 10.3 Å². The van der Waals surface area contributed by atoms with Crippen molar-refractivity contribution in [2.24, 2.45) is 5.92 Å². The van der Waals surface area contributed by atoms with Gasteiger partial charge in [-0.25, -0.2) is 12.8 Å². The molecular weight excluding hydrogens is 395 g/mol. The van der Waals surface area contributed by atoms with Crippen molar-refractivity contribution >= 4 is 27.5 Å². The Bertz CT molecular complexity index is 913. The summed E-state index contributed by atoms with van der Waals surface area (Å²) in [5, 5.41) is 6.16. The van der Waals surface area contributed by atoms with Crippen molar-refractivity contribution in [1.82, 2.24) is 20.5 Å². The van der Waals surface area contributed by atoms with Crippen LogP contribution in [0.1, 0.15) is 42.5 Å². The third kappa shape index (κ3) is 5.06. The summed E-state index contributed by atoms with van der Waals surface area (Å²) in [6.07, 6.45) is 7.91. The summed E-state index contributed by atoms with van der Waals surface area (Å²) in [6, 6.07) is 2.66. The van der Waals surface area contributed by atoms with Gasteiger partial charge in [0.2, 0.25) is 10.0 Å². The number of hydrazine groups is 1. The standard InChI is InChI=1S/C17H20ClFN4O3S/c18-15-7-12(13-8-20-21-9-13)6-14(16(15)19)17(24)22-23-27(25,26)10-11-4-2-1-3-5-11/h6-9,11,23H,1-5,10H2,(H,20,21)(H,22,24). The topological polar surface area (TPSA) is 104 Å². The van der Waals surface area contributed by atoms with Gasteiger partial charge in [-0.15, -0.1) is 4.83 Å². The number of halogens is 2. The minimum atomic E-state index is -3.71. The quantitative estimate of drug-likeness (QED) is 0.632. The monoisotopic (exact) mass is 414 g/mol. The summed E-state index contributed by atoms with van der Waals surface area (Å²) in [5.41, 5.74) is 2.80. The molecule has 1 aromatic carbocycles. The molecule has 146 valence electrons. The zero-order chi connectivity index (χ0) is 19.4. The van der Waals surface area contributed by atoms with Crippen LogP contribution in [0.4, 0.5) is 4.39 Å². The lowest BCUT2D eigenvalue weighted by Gasteiger charge is -2.21. The molecule has 0 bridgehead atoms. The van der Waals surface area contributed by atoms with Gasteiger partial charge in [0.15, 0.2) is 5.82 Å². The maximum Gasteiger partial charge on any atom is 0.269 e. The molecule has 1 fully saturated rings. The molecule has 10 heteroatoms. The number of aromatic nitrogens is 2. The molecule has 0 atom stereocenters. The lowest BCUT2D eigenvalue weighted by Crippen LogP contribution is -2.44. The number of hydrogen-bond donors (Lipinski definition) is 3. The molecule has 0 aliphatic heterocycles. The molecule has 1 saturated carbocycles. The van der Waals surface area contributed by atoms with E-state index in [1.807, 2.05) is 4.83 Å². The smallest absolute Gasteiger partial charge is 0.269 e. The average molecular weight is 415 g/mol. The summed E-state index contributed by atoms with van der Waals surface area (Å²) in [6.45, 7) is 0. The number of H-pyrrole nitrogens is 1. The first kappa shape index (κ1) is 19.8. The Balaban J connectivity index is 1.70. The summed E-state index contributed by atoms with van der Waals surface area (Å²) in [7, 11) is -3.71. The average Bonchev–Trinajstić information content (AvgIpc) is 3.17. The van der Waals surface area contributed by atoms with Gasteiger partial charge in [-0.3, -0.25) is 15.3 Å². The minimum Gasteiger partial charge on any atom is -0.285 e. The number of carbonyl (C=O) groups is 1. The van der Waals surface area contributed by atoms with Gasteiger partial charge < -0.3 is 0 Å². The second-order valence-corrected chi connectivity index (χ2v) is 8.82. The van der Waals surface area contributed by atoms with Crippen LogP contribution in [-0.4, -0.2) is 30.3 Å². The van der Waals surface area contributed by atoms with E-state index in [4.69, 9.17) is 11.6 Å². The largest absolute Gasteiger partial charge is 0.285 e. The third-order valence-corrected chi connectivity index (χ3v) is 6.20. The van der Waals surface area contributed by atoms with Crippen LogP contribution in [0.25, 0.3) is 11.1 Å². The van der Waals surface area contributed by atoms with Crippen molar-refractivity contribution in [3.05, 3.63) is 40.9 Å². The number of benzene rings is 1. The third-order valence-electron chi connectivity index (χ3n) is 4.60. The molecule has 1 heterocycles. The second kappa shape index (κ2) is 8.37. The molecule has 1 aliphatic rings. The number of rotatable bonds is 6. The van der Waals surface area contributed by atoms with Crippen LogP contribution in [0, 0.1) is 11.7 Å². The molecule has 3 rings (SSSR count). The highest BCUT2D eigenvalue weighted by Gasteiger charge is 2.23. The van der Waals surface area contributed by atoms with Crippen LogP contribution in [0.15, 0.2) is 24.5 Å².